The predicted octanol–water partition coefficient (Wildman–Crippen LogP) is 7.29. The lowest BCUT2D eigenvalue weighted by Crippen LogP contribution is -2.51. The summed E-state index contributed by atoms with van der Waals surface area (Å²) in [6, 6.07) is 8.51. The second-order valence-electron chi connectivity index (χ2n) is 10.7. The summed E-state index contributed by atoms with van der Waals surface area (Å²) < 4.78 is 5.31. The summed E-state index contributed by atoms with van der Waals surface area (Å²) in [5, 5.41) is 0. The van der Waals surface area contributed by atoms with Crippen LogP contribution in [-0.4, -0.2) is 7.11 Å². The Labute approximate surface area is 171 Å². The Morgan fingerprint density at radius 1 is 0.964 bits per heavy atom. The highest BCUT2D eigenvalue weighted by atomic mass is 16.5. The van der Waals surface area contributed by atoms with Crippen LogP contribution in [0.25, 0.3) is 6.08 Å². The van der Waals surface area contributed by atoms with E-state index in [1.165, 1.54) is 62.5 Å². The van der Waals surface area contributed by atoms with Crippen LogP contribution in [0.1, 0.15) is 70.8 Å². The number of hydrogen-bond donors (Lipinski definition) is 0. The molecule has 0 N–H and O–H groups in total. The monoisotopic (exact) mass is 376 g/mol. The first-order valence-electron chi connectivity index (χ1n) is 11.5. The molecule has 0 spiro atoms. The molecule has 150 valence electrons. The number of allylic oxidation sites excluding steroid dienone is 3. The first-order chi connectivity index (χ1) is 13.5. The molecule has 28 heavy (non-hydrogen) atoms. The Morgan fingerprint density at radius 2 is 1.79 bits per heavy atom. The van der Waals surface area contributed by atoms with Gasteiger partial charge in [0, 0.05) is 0 Å². The zero-order valence-electron chi connectivity index (χ0n) is 17.9. The van der Waals surface area contributed by atoms with Gasteiger partial charge in [-0.25, -0.2) is 0 Å². The highest BCUT2D eigenvalue weighted by molar-refractivity contribution is 5.57. The van der Waals surface area contributed by atoms with Crippen molar-refractivity contribution in [2.75, 3.05) is 7.11 Å². The maximum Gasteiger partial charge on any atom is 0.118 e. The van der Waals surface area contributed by atoms with Gasteiger partial charge in [-0.1, -0.05) is 50.6 Å². The molecule has 1 aromatic rings. The van der Waals surface area contributed by atoms with E-state index in [1.54, 1.807) is 7.11 Å². The zero-order valence-corrected chi connectivity index (χ0v) is 17.9. The molecule has 0 amide bonds. The summed E-state index contributed by atoms with van der Waals surface area (Å²) >= 11 is 0. The van der Waals surface area contributed by atoms with E-state index >= 15 is 0 Å². The van der Waals surface area contributed by atoms with E-state index in [0.717, 1.165) is 29.4 Å². The standard InChI is InChI=1S/C27H36O/c1-26-15-4-5-24(26)23-13-10-21-9-6-20(18-27(21,2)25(23)14-16-26)17-19-7-11-22(28-3)12-8-19/h6-9,11-12,17,21,23-25H,4-5,10,13-16,18H2,1-3H3/b20-17+/t21-,23+,24+,25+,26+,27+/m1/s1. The van der Waals surface area contributed by atoms with E-state index in [9.17, 15) is 0 Å². The Balaban J connectivity index is 1.42. The van der Waals surface area contributed by atoms with E-state index in [4.69, 9.17) is 4.74 Å². The molecule has 6 atom stereocenters. The van der Waals surface area contributed by atoms with E-state index in [1.807, 2.05) is 0 Å². The van der Waals surface area contributed by atoms with Crippen LogP contribution in [0.15, 0.2) is 42.0 Å². The normalized spacial score (nSPS) is 43.3. The van der Waals surface area contributed by atoms with Crippen LogP contribution in [0, 0.1) is 34.5 Å². The fourth-order valence-electron chi connectivity index (χ4n) is 7.81. The van der Waals surface area contributed by atoms with Gasteiger partial charge < -0.3 is 4.74 Å². The summed E-state index contributed by atoms with van der Waals surface area (Å²) in [6.07, 6.45) is 19.0. The van der Waals surface area contributed by atoms with Crippen LogP contribution < -0.4 is 4.74 Å². The third kappa shape index (κ3) is 2.88. The average Bonchev–Trinajstić information content (AvgIpc) is 3.10. The average molecular weight is 377 g/mol. The van der Waals surface area contributed by atoms with Gasteiger partial charge in [0.05, 0.1) is 7.11 Å². The molecule has 5 rings (SSSR count). The number of hydrogen-bond acceptors (Lipinski definition) is 1. The fraction of sp³-hybridized carbons (Fsp3) is 0.630. The Morgan fingerprint density at radius 3 is 2.57 bits per heavy atom. The molecule has 3 saturated carbocycles. The number of fused-ring (bicyclic) bond motifs is 5. The first-order valence-corrected chi connectivity index (χ1v) is 11.5. The molecule has 0 aliphatic heterocycles. The maximum absolute atomic E-state index is 5.31. The molecule has 4 aliphatic rings. The van der Waals surface area contributed by atoms with Gasteiger partial charge in [0.1, 0.15) is 5.75 Å². The van der Waals surface area contributed by atoms with E-state index in [0.29, 0.717) is 10.8 Å². The van der Waals surface area contributed by atoms with Gasteiger partial charge in [0.25, 0.3) is 0 Å². The molecule has 1 nitrogen and oxygen atoms in total. The third-order valence-corrected chi connectivity index (χ3v) is 9.32. The molecule has 0 bridgehead atoms. The van der Waals surface area contributed by atoms with Gasteiger partial charge in [0.2, 0.25) is 0 Å². The highest BCUT2D eigenvalue weighted by Crippen LogP contribution is 2.65. The topological polar surface area (TPSA) is 9.23 Å². The van der Waals surface area contributed by atoms with Gasteiger partial charge in [-0.15, -0.1) is 0 Å². The van der Waals surface area contributed by atoms with Gasteiger partial charge in [-0.2, -0.15) is 0 Å². The maximum atomic E-state index is 5.31. The predicted molar refractivity (Wildman–Crippen MR) is 117 cm³/mol. The summed E-state index contributed by atoms with van der Waals surface area (Å²) in [6.45, 7) is 5.25. The van der Waals surface area contributed by atoms with Crippen LogP contribution in [0.2, 0.25) is 0 Å². The molecule has 0 saturated heterocycles. The quantitative estimate of drug-likeness (QED) is 0.526. The van der Waals surface area contributed by atoms with Crippen molar-refractivity contribution in [1.29, 1.82) is 0 Å². The number of ether oxygens (including phenoxy) is 1. The molecular weight excluding hydrogens is 340 g/mol. The molecule has 1 aromatic carbocycles. The Bertz CT molecular complexity index is 787. The second-order valence-corrected chi connectivity index (χ2v) is 10.7. The van der Waals surface area contributed by atoms with Crippen molar-refractivity contribution < 1.29 is 4.74 Å². The van der Waals surface area contributed by atoms with Crippen LogP contribution in [0.4, 0.5) is 0 Å². The van der Waals surface area contributed by atoms with Crippen LogP contribution in [0.3, 0.4) is 0 Å². The summed E-state index contributed by atoms with van der Waals surface area (Å²) in [5.41, 5.74) is 3.93. The van der Waals surface area contributed by atoms with Crippen molar-refractivity contribution in [3.8, 4) is 5.75 Å². The third-order valence-electron chi connectivity index (χ3n) is 9.32. The number of benzene rings is 1. The number of rotatable bonds is 2. The minimum Gasteiger partial charge on any atom is -0.497 e. The molecular formula is C27H36O. The lowest BCUT2D eigenvalue weighted by Gasteiger charge is -2.59. The summed E-state index contributed by atoms with van der Waals surface area (Å²) in [4.78, 5) is 0. The minimum atomic E-state index is 0.458. The fourth-order valence-corrected chi connectivity index (χ4v) is 7.81. The minimum absolute atomic E-state index is 0.458. The van der Waals surface area contributed by atoms with Gasteiger partial charge >= 0.3 is 0 Å². The van der Waals surface area contributed by atoms with Crippen molar-refractivity contribution >= 4 is 6.08 Å². The molecule has 0 unspecified atom stereocenters. The summed E-state index contributed by atoms with van der Waals surface area (Å²) in [5.74, 6) is 4.63. The lowest BCUT2D eigenvalue weighted by molar-refractivity contribution is -0.0761. The van der Waals surface area contributed by atoms with E-state index in [-0.39, 0.29) is 0 Å². The smallest absolute Gasteiger partial charge is 0.118 e. The zero-order chi connectivity index (χ0) is 19.4. The van der Waals surface area contributed by atoms with Crippen molar-refractivity contribution in [1.82, 2.24) is 0 Å². The van der Waals surface area contributed by atoms with Crippen molar-refractivity contribution in [3.63, 3.8) is 0 Å². The highest BCUT2D eigenvalue weighted by Gasteiger charge is 2.56. The van der Waals surface area contributed by atoms with Crippen LogP contribution >= 0.6 is 0 Å². The van der Waals surface area contributed by atoms with Gasteiger partial charge in [0.15, 0.2) is 0 Å². The molecule has 0 radical (unpaired) electrons. The van der Waals surface area contributed by atoms with E-state index in [2.05, 4.69) is 56.3 Å². The molecule has 0 aromatic heterocycles. The SMILES string of the molecule is COc1ccc(/C=C2\C=C[C@@H]3CC[C@H]4[C@@H]5CCC[C@@]5(C)CC[C@@H]4[C@@]3(C)C2)cc1. The molecule has 4 aliphatic carbocycles. The van der Waals surface area contributed by atoms with Crippen molar-refractivity contribution in [3.05, 3.63) is 47.6 Å². The first kappa shape index (κ1) is 18.5. The second kappa shape index (κ2) is 6.78. The van der Waals surface area contributed by atoms with Crippen molar-refractivity contribution in [2.24, 2.45) is 34.5 Å². The van der Waals surface area contributed by atoms with Gasteiger partial charge in [-0.05, 0) is 103 Å². The summed E-state index contributed by atoms with van der Waals surface area (Å²) in [7, 11) is 1.73. The van der Waals surface area contributed by atoms with E-state index < -0.39 is 0 Å². The van der Waals surface area contributed by atoms with Crippen LogP contribution in [-0.2, 0) is 0 Å². The molecule has 1 heteroatoms. The lowest BCUT2D eigenvalue weighted by atomic mass is 9.46. The number of methoxy groups -OCH3 is 1. The molecule has 0 heterocycles. The van der Waals surface area contributed by atoms with Crippen molar-refractivity contribution in [2.45, 2.75) is 65.2 Å². The Hall–Kier alpha value is -1.50. The molecule has 3 fully saturated rings. The largest absolute Gasteiger partial charge is 0.497 e. The van der Waals surface area contributed by atoms with Crippen LogP contribution in [0.5, 0.6) is 5.75 Å². The Kier molecular flexibility index (Phi) is 4.49. The van der Waals surface area contributed by atoms with Gasteiger partial charge in [-0.3, -0.25) is 0 Å².